The van der Waals surface area contributed by atoms with E-state index in [1.807, 2.05) is 19.1 Å². The van der Waals surface area contributed by atoms with Crippen LogP contribution in [0.4, 0.5) is 16.2 Å². The summed E-state index contributed by atoms with van der Waals surface area (Å²) in [6, 6.07) is 8.42. The summed E-state index contributed by atoms with van der Waals surface area (Å²) in [5, 5.41) is 12.7. The van der Waals surface area contributed by atoms with Crippen molar-refractivity contribution in [1.29, 1.82) is 0 Å². The molecular formula is C22H24BrN3O6S. The number of hydrogen-bond acceptors (Lipinski definition) is 7. The molecule has 0 saturated carbocycles. The summed E-state index contributed by atoms with van der Waals surface area (Å²) in [5.41, 5.74) is 2.31. The third kappa shape index (κ3) is 5.21. The number of carbonyl (C=O) groups is 3. The van der Waals surface area contributed by atoms with Gasteiger partial charge in [0, 0.05) is 31.1 Å². The van der Waals surface area contributed by atoms with Gasteiger partial charge in [-0.25, -0.2) is 4.79 Å². The molecule has 2 unspecified atom stereocenters. The van der Waals surface area contributed by atoms with Crippen molar-refractivity contribution in [2.75, 3.05) is 42.7 Å². The van der Waals surface area contributed by atoms with E-state index in [0.717, 1.165) is 15.0 Å². The van der Waals surface area contributed by atoms with E-state index in [1.54, 1.807) is 28.0 Å². The van der Waals surface area contributed by atoms with Crippen molar-refractivity contribution in [3.63, 3.8) is 0 Å². The van der Waals surface area contributed by atoms with Gasteiger partial charge in [0.15, 0.2) is 5.06 Å². The van der Waals surface area contributed by atoms with Gasteiger partial charge in [-0.1, -0.05) is 11.3 Å². The second kappa shape index (κ2) is 10.2. The fourth-order valence-corrected chi connectivity index (χ4v) is 5.33. The summed E-state index contributed by atoms with van der Waals surface area (Å²) < 4.78 is 11.3. The summed E-state index contributed by atoms with van der Waals surface area (Å²) >= 11 is 4.60. The molecule has 0 spiro atoms. The first-order chi connectivity index (χ1) is 15.9. The van der Waals surface area contributed by atoms with Crippen LogP contribution in [-0.4, -0.2) is 62.0 Å². The van der Waals surface area contributed by atoms with Gasteiger partial charge in [-0.05, 0) is 65.2 Å². The van der Waals surface area contributed by atoms with Crippen LogP contribution in [0.2, 0.25) is 0 Å². The van der Waals surface area contributed by atoms with Crippen molar-refractivity contribution >= 4 is 56.5 Å². The molecule has 176 valence electrons. The highest BCUT2D eigenvalue weighted by atomic mass is 79.9. The number of aryl methyl sites for hydroxylation is 1. The number of morpholine rings is 1. The van der Waals surface area contributed by atoms with Crippen LogP contribution in [0.25, 0.3) is 0 Å². The number of amides is 3. The molecule has 1 aromatic carbocycles. The average molecular weight is 538 g/mol. The quantitative estimate of drug-likeness (QED) is 0.586. The molecule has 2 aromatic rings. The molecule has 2 fully saturated rings. The first-order valence-electron chi connectivity index (χ1n) is 10.5. The largest absolute Gasteiger partial charge is 0.413 e. The SMILES string of the molecule is Cc1cc(N2CC(NC(=O)Oc3ccc(Br)s3)C(CCO)C2=O)ccc1N1CCOCC1=O. The lowest BCUT2D eigenvalue weighted by atomic mass is 10.00. The predicted molar refractivity (Wildman–Crippen MR) is 127 cm³/mol. The number of anilines is 2. The molecule has 0 bridgehead atoms. The van der Waals surface area contributed by atoms with Crippen molar-refractivity contribution in [2.45, 2.75) is 19.4 Å². The first kappa shape index (κ1) is 23.7. The number of nitrogens with zero attached hydrogens (tertiary/aromatic N) is 2. The van der Waals surface area contributed by atoms with Gasteiger partial charge in [-0.15, -0.1) is 0 Å². The zero-order chi connectivity index (χ0) is 23.5. The van der Waals surface area contributed by atoms with Gasteiger partial charge in [-0.3, -0.25) is 9.59 Å². The number of hydrogen-bond donors (Lipinski definition) is 2. The van der Waals surface area contributed by atoms with Crippen molar-refractivity contribution < 1.29 is 29.0 Å². The van der Waals surface area contributed by atoms with Gasteiger partial charge in [0.2, 0.25) is 5.91 Å². The second-order valence-corrected chi connectivity index (χ2v) is 10.3. The number of nitrogens with one attached hydrogen (secondary N) is 1. The Labute approximate surface area is 203 Å². The molecule has 2 aliphatic heterocycles. The highest BCUT2D eigenvalue weighted by Crippen LogP contribution is 2.32. The van der Waals surface area contributed by atoms with E-state index < -0.39 is 18.1 Å². The fourth-order valence-electron chi connectivity index (χ4n) is 4.14. The molecule has 3 amide bonds. The molecule has 11 heteroatoms. The lowest BCUT2D eigenvalue weighted by molar-refractivity contribution is -0.125. The van der Waals surface area contributed by atoms with Crippen molar-refractivity contribution in [3.8, 4) is 5.06 Å². The lowest BCUT2D eigenvalue weighted by Gasteiger charge is -2.29. The Kier molecular flexibility index (Phi) is 7.32. The molecule has 4 rings (SSSR count). The molecule has 2 aliphatic rings. The number of aliphatic hydroxyl groups is 1. The second-order valence-electron chi connectivity index (χ2n) is 7.84. The Morgan fingerprint density at radius 1 is 1.30 bits per heavy atom. The number of halogens is 1. The molecule has 1 aromatic heterocycles. The van der Waals surface area contributed by atoms with E-state index in [2.05, 4.69) is 21.2 Å². The van der Waals surface area contributed by atoms with Gasteiger partial charge in [-0.2, -0.15) is 0 Å². The molecule has 9 nitrogen and oxygen atoms in total. The van der Waals surface area contributed by atoms with E-state index in [9.17, 15) is 19.5 Å². The van der Waals surface area contributed by atoms with Gasteiger partial charge in [0.1, 0.15) is 6.61 Å². The van der Waals surface area contributed by atoms with Crippen molar-refractivity contribution in [3.05, 3.63) is 39.7 Å². The summed E-state index contributed by atoms with van der Waals surface area (Å²) in [4.78, 5) is 41.0. The number of ether oxygens (including phenoxy) is 2. The maximum Gasteiger partial charge on any atom is 0.413 e. The van der Waals surface area contributed by atoms with E-state index in [4.69, 9.17) is 9.47 Å². The Bertz CT molecular complexity index is 1060. The predicted octanol–water partition coefficient (Wildman–Crippen LogP) is 2.68. The van der Waals surface area contributed by atoms with Crippen LogP contribution in [-0.2, 0) is 14.3 Å². The standard InChI is InChI=1S/C22H24BrN3O6S/c1-13-10-14(2-3-17(13)25-7-9-31-12-19(25)28)26-11-16(15(6-8-27)21(26)29)24-22(30)32-20-5-4-18(23)33-20/h2-5,10,15-16,27H,6-9,11-12H2,1H3,(H,24,30). The smallest absolute Gasteiger partial charge is 0.399 e. The van der Waals surface area contributed by atoms with Crippen LogP contribution in [0.3, 0.4) is 0 Å². The fraction of sp³-hybridized carbons (Fsp3) is 0.409. The summed E-state index contributed by atoms with van der Waals surface area (Å²) in [7, 11) is 0. The third-order valence-electron chi connectivity index (χ3n) is 5.70. The zero-order valence-corrected chi connectivity index (χ0v) is 20.4. The monoisotopic (exact) mass is 537 g/mol. The number of benzene rings is 1. The molecule has 33 heavy (non-hydrogen) atoms. The molecule has 2 atom stereocenters. The minimum absolute atomic E-state index is 0.0561. The molecule has 0 radical (unpaired) electrons. The normalized spacial score (nSPS) is 20.9. The lowest BCUT2D eigenvalue weighted by Crippen LogP contribution is -2.42. The van der Waals surface area contributed by atoms with Gasteiger partial charge < -0.3 is 29.7 Å². The van der Waals surface area contributed by atoms with Crippen LogP contribution in [0.1, 0.15) is 12.0 Å². The van der Waals surface area contributed by atoms with Crippen LogP contribution in [0.5, 0.6) is 5.06 Å². The van der Waals surface area contributed by atoms with E-state index in [0.29, 0.717) is 23.9 Å². The average Bonchev–Trinajstić information content (AvgIpc) is 3.32. The van der Waals surface area contributed by atoms with Gasteiger partial charge in [0.05, 0.1) is 22.4 Å². The molecule has 2 saturated heterocycles. The highest BCUT2D eigenvalue weighted by Gasteiger charge is 2.42. The van der Waals surface area contributed by atoms with E-state index in [-0.39, 0.29) is 38.0 Å². The number of thiophene rings is 1. The maximum atomic E-state index is 13.1. The molecule has 2 N–H and O–H groups in total. The Morgan fingerprint density at radius 3 is 2.79 bits per heavy atom. The summed E-state index contributed by atoms with van der Waals surface area (Å²) in [6.45, 7) is 2.98. The minimum atomic E-state index is -0.649. The molecule has 0 aliphatic carbocycles. The summed E-state index contributed by atoms with van der Waals surface area (Å²) in [6.07, 6.45) is -0.422. The number of aliphatic hydroxyl groups excluding tert-OH is 1. The van der Waals surface area contributed by atoms with Crippen LogP contribution in [0.15, 0.2) is 34.1 Å². The van der Waals surface area contributed by atoms with Gasteiger partial charge in [0.25, 0.3) is 5.91 Å². The number of rotatable bonds is 6. The third-order valence-corrected chi connectivity index (χ3v) is 7.20. The Balaban J connectivity index is 1.49. The summed E-state index contributed by atoms with van der Waals surface area (Å²) in [5.74, 6) is -0.848. The molecule has 3 heterocycles. The molecular weight excluding hydrogens is 514 g/mol. The van der Waals surface area contributed by atoms with Crippen molar-refractivity contribution in [1.82, 2.24) is 5.32 Å². The van der Waals surface area contributed by atoms with Gasteiger partial charge >= 0.3 is 6.09 Å². The van der Waals surface area contributed by atoms with Crippen LogP contribution in [0, 0.1) is 12.8 Å². The Morgan fingerprint density at radius 2 is 2.12 bits per heavy atom. The van der Waals surface area contributed by atoms with Crippen molar-refractivity contribution in [2.24, 2.45) is 5.92 Å². The first-order valence-corrected chi connectivity index (χ1v) is 12.1. The maximum absolute atomic E-state index is 13.1. The topological polar surface area (TPSA) is 108 Å². The minimum Gasteiger partial charge on any atom is -0.399 e. The van der Waals surface area contributed by atoms with E-state index >= 15 is 0 Å². The van der Waals surface area contributed by atoms with Crippen LogP contribution < -0.4 is 19.9 Å². The van der Waals surface area contributed by atoms with E-state index in [1.165, 1.54) is 11.3 Å². The number of carbonyl (C=O) groups excluding carboxylic acids is 3. The Hall–Kier alpha value is -2.47. The highest BCUT2D eigenvalue weighted by molar-refractivity contribution is 9.11. The zero-order valence-electron chi connectivity index (χ0n) is 18.0. The van der Waals surface area contributed by atoms with Crippen LogP contribution >= 0.6 is 27.3 Å².